The van der Waals surface area contributed by atoms with Crippen molar-refractivity contribution in [3.63, 3.8) is 0 Å². The largest absolute Gasteiger partial charge is 0.496 e. The van der Waals surface area contributed by atoms with Gasteiger partial charge in [-0.2, -0.15) is 0 Å². The minimum absolute atomic E-state index is 0.225. The van der Waals surface area contributed by atoms with E-state index in [0.29, 0.717) is 5.75 Å². The van der Waals surface area contributed by atoms with Crippen molar-refractivity contribution in [2.45, 2.75) is 26.8 Å². The number of benzene rings is 1. The SMILES string of the molecule is CCCN(CC)Cc1ccc(OC)c(C(=O)O)c1. The standard InChI is InChI=1S/C14H21NO3/c1-4-8-15(5-2)10-11-6-7-13(18-3)12(9-11)14(16)17/h6-7,9H,4-5,8,10H2,1-3H3,(H,16,17). The fourth-order valence-electron chi connectivity index (χ4n) is 1.94. The quantitative estimate of drug-likeness (QED) is 0.809. The van der Waals surface area contributed by atoms with Crippen molar-refractivity contribution >= 4 is 5.97 Å². The Morgan fingerprint density at radius 3 is 2.61 bits per heavy atom. The maximum Gasteiger partial charge on any atom is 0.339 e. The lowest BCUT2D eigenvalue weighted by atomic mass is 10.1. The van der Waals surface area contributed by atoms with Crippen LogP contribution in [0.4, 0.5) is 0 Å². The van der Waals surface area contributed by atoms with Crippen LogP contribution in [0.3, 0.4) is 0 Å². The number of hydrogen-bond acceptors (Lipinski definition) is 3. The van der Waals surface area contributed by atoms with E-state index < -0.39 is 5.97 Å². The van der Waals surface area contributed by atoms with Gasteiger partial charge in [-0.05, 0) is 37.2 Å². The van der Waals surface area contributed by atoms with Gasteiger partial charge in [0.25, 0.3) is 0 Å². The lowest BCUT2D eigenvalue weighted by Gasteiger charge is -2.20. The van der Waals surface area contributed by atoms with E-state index in [-0.39, 0.29) is 5.56 Å². The van der Waals surface area contributed by atoms with Gasteiger partial charge in [0.15, 0.2) is 0 Å². The molecule has 1 N–H and O–H groups in total. The van der Waals surface area contributed by atoms with Crippen LogP contribution in [-0.2, 0) is 6.54 Å². The summed E-state index contributed by atoms with van der Waals surface area (Å²) in [5, 5.41) is 9.12. The molecule has 4 heteroatoms. The highest BCUT2D eigenvalue weighted by atomic mass is 16.5. The lowest BCUT2D eigenvalue weighted by molar-refractivity contribution is 0.0693. The molecule has 0 heterocycles. The molecule has 0 aliphatic rings. The molecule has 0 radical (unpaired) electrons. The third-order valence-corrected chi connectivity index (χ3v) is 2.89. The van der Waals surface area contributed by atoms with Gasteiger partial charge in [-0.1, -0.05) is 19.9 Å². The van der Waals surface area contributed by atoms with Crippen LogP contribution < -0.4 is 4.74 Å². The summed E-state index contributed by atoms with van der Waals surface area (Å²) in [5.41, 5.74) is 1.23. The van der Waals surface area contributed by atoms with Crippen molar-refractivity contribution in [2.24, 2.45) is 0 Å². The third-order valence-electron chi connectivity index (χ3n) is 2.89. The summed E-state index contributed by atoms with van der Waals surface area (Å²) < 4.78 is 5.05. The summed E-state index contributed by atoms with van der Waals surface area (Å²) in [6.45, 7) is 7.00. The van der Waals surface area contributed by atoms with Crippen LogP contribution in [0.1, 0.15) is 36.2 Å². The van der Waals surface area contributed by atoms with Crippen LogP contribution in [0.2, 0.25) is 0 Å². The first-order valence-electron chi connectivity index (χ1n) is 6.24. The van der Waals surface area contributed by atoms with Crippen molar-refractivity contribution in [1.82, 2.24) is 4.90 Å². The zero-order chi connectivity index (χ0) is 13.5. The molecule has 0 aliphatic carbocycles. The fourth-order valence-corrected chi connectivity index (χ4v) is 1.94. The van der Waals surface area contributed by atoms with Crippen LogP contribution in [0.25, 0.3) is 0 Å². The number of carboxylic acids is 1. The van der Waals surface area contributed by atoms with Gasteiger partial charge in [-0.3, -0.25) is 4.90 Å². The summed E-state index contributed by atoms with van der Waals surface area (Å²) >= 11 is 0. The van der Waals surface area contributed by atoms with Gasteiger partial charge >= 0.3 is 5.97 Å². The number of methoxy groups -OCH3 is 1. The highest BCUT2D eigenvalue weighted by Crippen LogP contribution is 2.20. The molecule has 0 saturated carbocycles. The molecule has 0 unspecified atom stereocenters. The van der Waals surface area contributed by atoms with Gasteiger partial charge in [0.05, 0.1) is 7.11 Å². The van der Waals surface area contributed by atoms with Crippen LogP contribution in [0, 0.1) is 0 Å². The molecule has 4 nitrogen and oxygen atoms in total. The number of hydrogen-bond donors (Lipinski definition) is 1. The molecular weight excluding hydrogens is 230 g/mol. The minimum atomic E-state index is -0.952. The second-order valence-electron chi connectivity index (χ2n) is 4.21. The van der Waals surface area contributed by atoms with E-state index in [1.807, 2.05) is 6.07 Å². The normalized spacial score (nSPS) is 10.7. The highest BCUT2D eigenvalue weighted by molar-refractivity contribution is 5.91. The van der Waals surface area contributed by atoms with Crippen LogP contribution in [-0.4, -0.2) is 36.2 Å². The van der Waals surface area contributed by atoms with Crippen LogP contribution >= 0.6 is 0 Å². The Kier molecular flexibility index (Phi) is 5.65. The Morgan fingerprint density at radius 2 is 2.11 bits per heavy atom. The molecule has 18 heavy (non-hydrogen) atoms. The molecule has 0 aliphatic heterocycles. The molecule has 1 aromatic rings. The molecule has 100 valence electrons. The van der Waals surface area contributed by atoms with E-state index in [4.69, 9.17) is 9.84 Å². The van der Waals surface area contributed by atoms with E-state index >= 15 is 0 Å². The third kappa shape index (κ3) is 3.74. The molecule has 0 spiro atoms. The van der Waals surface area contributed by atoms with E-state index in [1.54, 1.807) is 12.1 Å². The first-order chi connectivity index (χ1) is 8.62. The molecule has 0 bridgehead atoms. The van der Waals surface area contributed by atoms with E-state index in [0.717, 1.165) is 31.6 Å². The minimum Gasteiger partial charge on any atom is -0.496 e. The molecule has 0 amide bonds. The number of carbonyl (C=O) groups is 1. The van der Waals surface area contributed by atoms with Gasteiger partial charge < -0.3 is 9.84 Å². The van der Waals surface area contributed by atoms with E-state index in [9.17, 15) is 4.79 Å². The Hall–Kier alpha value is -1.55. The first kappa shape index (κ1) is 14.5. The summed E-state index contributed by atoms with van der Waals surface area (Å²) in [6.07, 6.45) is 1.09. The summed E-state index contributed by atoms with van der Waals surface area (Å²) in [4.78, 5) is 13.4. The first-order valence-corrected chi connectivity index (χ1v) is 6.24. The van der Waals surface area contributed by atoms with E-state index in [1.165, 1.54) is 7.11 Å². The monoisotopic (exact) mass is 251 g/mol. The van der Waals surface area contributed by atoms with Crippen molar-refractivity contribution in [3.05, 3.63) is 29.3 Å². The number of ether oxygens (including phenoxy) is 1. The maximum absolute atomic E-state index is 11.1. The number of carboxylic acid groups (broad SMARTS) is 1. The highest BCUT2D eigenvalue weighted by Gasteiger charge is 2.12. The van der Waals surface area contributed by atoms with Crippen LogP contribution in [0.5, 0.6) is 5.75 Å². The topological polar surface area (TPSA) is 49.8 Å². The summed E-state index contributed by atoms with van der Waals surface area (Å²) in [5.74, 6) is -0.544. The smallest absolute Gasteiger partial charge is 0.339 e. The molecule has 0 fully saturated rings. The Morgan fingerprint density at radius 1 is 1.39 bits per heavy atom. The Labute approximate surface area is 108 Å². The number of aromatic carboxylic acids is 1. The van der Waals surface area contributed by atoms with Crippen molar-refractivity contribution < 1.29 is 14.6 Å². The molecular formula is C14H21NO3. The van der Waals surface area contributed by atoms with E-state index in [2.05, 4.69) is 18.7 Å². The molecule has 0 aromatic heterocycles. The van der Waals surface area contributed by atoms with Crippen molar-refractivity contribution in [2.75, 3.05) is 20.2 Å². The summed E-state index contributed by atoms with van der Waals surface area (Å²) in [7, 11) is 1.48. The molecule has 0 saturated heterocycles. The van der Waals surface area contributed by atoms with Gasteiger partial charge in [-0.15, -0.1) is 0 Å². The van der Waals surface area contributed by atoms with Crippen molar-refractivity contribution in [1.29, 1.82) is 0 Å². The Balaban J connectivity index is 2.90. The lowest BCUT2D eigenvalue weighted by Crippen LogP contribution is -2.23. The zero-order valence-electron chi connectivity index (χ0n) is 11.3. The number of rotatable bonds is 7. The van der Waals surface area contributed by atoms with Gasteiger partial charge in [0.2, 0.25) is 0 Å². The molecule has 1 rings (SSSR count). The average molecular weight is 251 g/mol. The molecule has 0 atom stereocenters. The zero-order valence-corrected chi connectivity index (χ0v) is 11.3. The number of nitrogens with zero attached hydrogens (tertiary/aromatic N) is 1. The van der Waals surface area contributed by atoms with Crippen molar-refractivity contribution in [3.8, 4) is 5.75 Å². The van der Waals surface area contributed by atoms with Crippen LogP contribution in [0.15, 0.2) is 18.2 Å². The van der Waals surface area contributed by atoms with Gasteiger partial charge in [0.1, 0.15) is 11.3 Å². The predicted octanol–water partition coefficient (Wildman–Crippen LogP) is 2.63. The van der Waals surface area contributed by atoms with Gasteiger partial charge in [0, 0.05) is 6.54 Å². The maximum atomic E-state index is 11.1. The second kappa shape index (κ2) is 7.01. The summed E-state index contributed by atoms with van der Waals surface area (Å²) in [6, 6.07) is 5.33. The fraction of sp³-hybridized carbons (Fsp3) is 0.500. The van der Waals surface area contributed by atoms with Gasteiger partial charge in [-0.25, -0.2) is 4.79 Å². The Bertz CT molecular complexity index is 404. The average Bonchev–Trinajstić information content (AvgIpc) is 2.38. The second-order valence-corrected chi connectivity index (χ2v) is 4.21. The molecule has 1 aromatic carbocycles. The predicted molar refractivity (Wildman–Crippen MR) is 71.2 cm³/mol.